The van der Waals surface area contributed by atoms with Crippen LogP contribution in [0.1, 0.15) is 29.0 Å². The molecule has 5 heteroatoms. The summed E-state index contributed by atoms with van der Waals surface area (Å²) < 4.78 is 0. The van der Waals surface area contributed by atoms with E-state index < -0.39 is 0 Å². The monoisotopic (exact) mass is 248 g/mol. The summed E-state index contributed by atoms with van der Waals surface area (Å²) in [6, 6.07) is 0. The van der Waals surface area contributed by atoms with Crippen LogP contribution in [0.3, 0.4) is 0 Å². The summed E-state index contributed by atoms with van der Waals surface area (Å²) in [7, 11) is 1.83. The Kier molecular flexibility index (Phi) is 4.25. The molecule has 18 heavy (non-hydrogen) atoms. The van der Waals surface area contributed by atoms with Crippen molar-refractivity contribution < 1.29 is 4.79 Å². The summed E-state index contributed by atoms with van der Waals surface area (Å²) >= 11 is 0. The maximum Gasteiger partial charge on any atom is 0.273 e. The van der Waals surface area contributed by atoms with E-state index in [1.807, 2.05) is 14.0 Å². The van der Waals surface area contributed by atoms with Gasteiger partial charge in [0.25, 0.3) is 5.91 Å². The fourth-order valence-corrected chi connectivity index (χ4v) is 2.25. The molecule has 0 aromatic carbocycles. The highest BCUT2D eigenvalue weighted by atomic mass is 16.2. The molecule has 0 bridgehead atoms. The van der Waals surface area contributed by atoms with Gasteiger partial charge in [-0.1, -0.05) is 0 Å². The van der Waals surface area contributed by atoms with Gasteiger partial charge in [0.2, 0.25) is 0 Å². The first-order valence-corrected chi connectivity index (χ1v) is 6.41. The number of aryl methyl sites for hydroxylation is 1. The van der Waals surface area contributed by atoms with Crippen molar-refractivity contribution in [1.29, 1.82) is 0 Å². The van der Waals surface area contributed by atoms with Crippen LogP contribution < -0.4 is 5.32 Å². The first-order chi connectivity index (χ1) is 8.66. The minimum absolute atomic E-state index is 0.0481. The molecule has 1 N–H and O–H groups in total. The summed E-state index contributed by atoms with van der Waals surface area (Å²) in [6.45, 7) is 4.73. The van der Waals surface area contributed by atoms with Crippen molar-refractivity contribution in [2.45, 2.75) is 19.8 Å². The molecule has 98 valence electrons. The Balaban J connectivity index is 1.93. The van der Waals surface area contributed by atoms with Crippen LogP contribution in [0, 0.1) is 12.8 Å². The second-order valence-corrected chi connectivity index (χ2v) is 4.94. The van der Waals surface area contributed by atoms with Crippen LogP contribution in [0.25, 0.3) is 0 Å². The Labute approximate surface area is 108 Å². The molecule has 1 amide bonds. The van der Waals surface area contributed by atoms with Crippen LogP contribution in [-0.2, 0) is 0 Å². The lowest BCUT2D eigenvalue weighted by Gasteiger charge is -2.27. The smallest absolute Gasteiger partial charge is 0.273 e. The van der Waals surface area contributed by atoms with Crippen LogP contribution >= 0.6 is 0 Å². The molecule has 1 aliphatic heterocycles. The molecule has 5 nitrogen and oxygen atoms in total. The van der Waals surface area contributed by atoms with Gasteiger partial charge in [-0.25, -0.2) is 4.98 Å². The van der Waals surface area contributed by atoms with Gasteiger partial charge >= 0.3 is 0 Å². The molecule has 1 aromatic heterocycles. The van der Waals surface area contributed by atoms with Crippen LogP contribution in [0.5, 0.6) is 0 Å². The molecule has 1 aliphatic rings. The van der Waals surface area contributed by atoms with E-state index >= 15 is 0 Å². The number of nitrogens with one attached hydrogen (secondary N) is 1. The summed E-state index contributed by atoms with van der Waals surface area (Å²) in [5.41, 5.74) is 1.25. The van der Waals surface area contributed by atoms with Gasteiger partial charge in [-0.2, -0.15) is 0 Å². The van der Waals surface area contributed by atoms with E-state index in [4.69, 9.17) is 0 Å². The summed E-state index contributed by atoms with van der Waals surface area (Å²) in [4.78, 5) is 22.1. The number of piperidine rings is 1. The SMILES string of the molecule is Cc1cnc(C(=O)N(C)CC2CCCNC2)cn1. The molecule has 1 fully saturated rings. The van der Waals surface area contributed by atoms with Crippen molar-refractivity contribution in [3.05, 3.63) is 23.8 Å². The van der Waals surface area contributed by atoms with Gasteiger partial charge in [0.05, 0.1) is 11.9 Å². The van der Waals surface area contributed by atoms with Crippen molar-refractivity contribution in [3.8, 4) is 0 Å². The Morgan fingerprint density at radius 3 is 2.94 bits per heavy atom. The van der Waals surface area contributed by atoms with E-state index in [9.17, 15) is 4.79 Å². The number of hydrogen-bond donors (Lipinski definition) is 1. The number of aromatic nitrogens is 2. The number of nitrogens with zero attached hydrogens (tertiary/aromatic N) is 3. The summed E-state index contributed by atoms with van der Waals surface area (Å²) in [6.07, 6.45) is 5.55. The lowest BCUT2D eigenvalue weighted by molar-refractivity contribution is 0.0758. The van der Waals surface area contributed by atoms with Gasteiger partial charge in [-0.3, -0.25) is 9.78 Å². The van der Waals surface area contributed by atoms with Crippen LogP contribution in [0.2, 0.25) is 0 Å². The maximum absolute atomic E-state index is 12.1. The summed E-state index contributed by atoms with van der Waals surface area (Å²) in [5, 5.41) is 3.36. The number of rotatable bonds is 3. The predicted octanol–water partition coefficient (Wildman–Crippen LogP) is 0.857. The number of carbonyl (C=O) groups is 1. The highest BCUT2D eigenvalue weighted by Crippen LogP contribution is 2.12. The van der Waals surface area contributed by atoms with E-state index in [-0.39, 0.29) is 5.91 Å². The van der Waals surface area contributed by atoms with Gasteiger partial charge in [0.1, 0.15) is 5.69 Å². The molecule has 2 rings (SSSR count). The van der Waals surface area contributed by atoms with Crippen LogP contribution in [-0.4, -0.2) is 47.5 Å². The molecule has 1 aromatic rings. The molecule has 1 atom stereocenters. The third kappa shape index (κ3) is 3.26. The third-order valence-electron chi connectivity index (χ3n) is 3.28. The molecule has 1 saturated heterocycles. The minimum Gasteiger partial charge on any atom is -0.340 e. The van der Waals surface area contributed by atoms with Crippen molar-refractivity contribution in [2.75, 3.05) is 26.7 Å². The zero-order valence-electron chi connectivity index (χ0n) is 11.0. The Morgan fingerprint density at radius 1 is 1.50 bits per heavy atom. The standard InChI is InChI=1S/C13H20N4O/c1-10-6-16-12(8-15-10)13(18)17(2)9-11-4-3-5-14-7-11/h6,8,11,14H,3-5,7,9H2,1-2H3. The van der Waals surface area contributed by atoms with E-state index in [0.29, 0.717) is 11.6 Å². The minimum atomic E-state index is -0.0481. The van der Waals surface area contributed by atoms with Gasteiger partial charge in [-0.05, 0) is 38.8 Å². The van der Waals surface area contributed by atoms with Crippen LogP contribution in [0.15, 0.2) is 12.4 Å². The van der Waals surface area contributed by atoms with Gasteiger partial charge in [-0.15, -0.1) is 0 Å². The first kappa shape index (κ1) is 13.0. The average molecular weight is 248 g/mol. The quantitative estimate of drug-likeness (QED) is 0.862. The van der Waals surface area contributed by atoms with E-state index in [1.165, 1.54) is 12.8 Å². The lowest BCUT2D eigenvalue weighted by atomic mass is 9.99. The first-order valence-electron chi connectivity index (χ1n) is 6.41. The van der Waals surface area contributed by atoms with Gasteiger partial charge in [0.15, 0.2) is 0 Å². The molecule has 0 spiro atoms. The molecule has 1 unspecified atom stereocenters. The van der Waals surface area contributed by atoms with E-state index in [0.717, 1.165) is 25.3 Å². The van der Waals surface area contributed by atoms with Crippen LogP contribution in [0.4, 0.5) is 0 Å². The highest BCUT2D eigenvalue weighted by Gasteiger charge is 2.19. The second kappa shape index (κ2) is 5.91. The molecule has 2 heterocycles. The molecular weight excluding hydrogens is 228 g/mol. The van der Waals surface area contributed by atoms with Crippen molar-refractivity contribution in [2.24, 2.45) is 5.92 Å². The third-order valence-corrected chi connectivity index (χ3v) is 3.28. The normalized spacial score (nSPS) is 19.6. The predicted molar refractivity (Wildman–Crippen MR) is 69.3 cm³/mol. The van der Waals surface area contributed by atoms with Crippen molar-refractivity contribution in [3.63, 3.8) is 0 Å². The Hall–Kier alpha value is -1.49. The topological polar surface area (TPSA) is 58.1 Å². The number of hydrogen-bond acceptors (Lipinski definition) is 4. The highest BCUT2D eigenvalue weighted by molar-refractivity contribution is 5.91. The van der Waals surface area contributed by atoms with Crippen molar-refractivity contribution >= 4 is 5.91 Å². The maximum atomic E-state index is 12.1. The van der Waals surface area contributed by atoms with Gasteiger partial charge in [0, 0.05) is 19.8 Å². The van der Waals surface area contributed by atoms with E-state index in [1.54, 1.807) is 17.3 Å². The molecule has 0 aliphatic carbocycles. The molecular formula is C13H20N4O. The van der Waals surface area contributed by atoms with Crippen molar-refractivity contribution in [1.82, 2.24) is 20.2 Å². The summed E-state index contributed by atoms with van der Waals surface area (Å²) in [5.74, 6) is 0.499. The number of amides is 1. The largest absolute Gasteiger partial charge is 0.340 e. The zero-order chi connectivity index (χ0) is 13.0. The van der Waals surface area contributed by atoms with E-state index in [2.05, 4.69) is 15.3 Å². The second-order valence-electron chi connectivity index (χ2n) is 4.94. The average Bonchev–Trinajstić information content (AvgIpc) is 2.40. The molecule has 0 radical (unpaired) electrons. The molecule has 0 saturated carbocycles. The Morgan fingerprint density at radius 2 is 2.33 bits per heavy atom. The lowest BCUT2D eigenvalue weighted by Crippen LogP contribution is -2.39. The number of carbonyl (C=O) groups excluding carboxylic acids is 1. The Bertz CT molecular complexity index is 398. The zero-order valence-corrected chi connectivity index (χ0v) is 11.0. The fraction of sp³-hybridized carbons (Fsp3) is 0.615. The van der Waals surface area contributed by atoms with Gasteiger partial charge < -0.3 is 10.2 Å². The fourth-order valence-electron chi connectivity index (χ4n) is 2.25.